The largest absolute Gasteiger partial charge is 0.340 e. The lowest BCUT2D eigenvalue weighted by atomic mass is 9.91. The molecule has 0 spiro atoms. The van der Waals surface area contributed by atoms with Gasteiger partial charge in [0.1, 0.15) is 17.4 Å². The number of carbonyl (C=O) groups is 2. The normalized spacial score (nSPS) is 21.7. The van der Waals surface area contributed by atoms with E-state index in [0.717, 1.165) is 0 Å². The predicted molar refractivity (Wildman–Crippen MR) is 82.4 cm³/mol. The maximum absolute atomic E-state index is 14.3. The third-order valence-electron chi connectivity index (χ3n) is 3.54. The van der Waals surface area contributed by atoms with Crippen molar-refractivity contribution in [3.63, 3.8) is 0 Å². The molecule has 1 aliphatic heterocycles. The van der Waals surface area contributed by atoms with Crippen molar-refractivity contribution in [2.45, 2.75) is 39.3 Å². The molecule has 1 aliphatic rings. The molecule has 6 heteroatoms. The Bertz CT molecular complexity index is 601. The third-order valence-corrected chi connectivity index (χ3v) is 4.03. The number of hydrogen-bond donors (Lipinski definition) is 1. The van der Waals surface area contributed by atoms with Gasteiger partial charge in [0.2, 0.25) is 5.91 Å². The maximum atomic E-state index is 14.3. The number of benzene rings is 1. The number of anilines is 1. The molecular weight excluding hydrogens is 339 g/mol. The van der Waals surface area contributed by atoms with Gasteiger partial charge in [0.25, 0.3) is 5.91 Å². The van der Waals surface area contributed by atoms with Crippen LogP contribution in [0.2, 0.25) is 0 Å². The minimum absolute atomic E-state index is 0.129. The second-order valence-corrected chi connectivity index (χ2v) is 6.99. The lowest BCUT2D eigenvalue weighted by Gasteiger charge is -2.44. The summed E-state index contributed by atoms with van der Waals surface area (Å²) in [4.78, 5) is 26.3. The first-order valence-electron chi connectivity index (χ1n) is 6.76. The van der Waals surface area contributed by atoms with Crippen molar-refractivity contribution < 1.29 is 14.0 Å². The van der Waals surface area contributed by atoms with E-state index in [1.807, 2.05) is 13.8 Å². The average Bonchev–Trinajstić information content (AvgIpc) is 2.33. The van der Waals surface area contributed by atoms with Crippen LogP contribution in [-0.2, 0) is 9.59 Å². The van der Waals surface area contributed by atoms with Gasteiger partial charge in [0, 0.05) is 4.47 Å². The standard InChI is InChI=1S/C15H18BrFN2O2/c1-8(2)12-13(20)18-15(3,4)14(21)19(12)11-6-5-9(16)7-10(11)17/h5-8,12H,1-4H3,(H,18,20). The molecule has 0 radical (unpaired) electrons. The van der Waals surface area contributed by atoms with E-state index < -0.39 is 17.4 Å². The van der Waals surface area contributed by atoms with Crippen LogP contribution in [-0.4, -0.2) is 23.4 Å². The van der Waals surface area contributed by atoms with Crippen LogP contribution in [0, 0.1) is 11.7 Å². The van der Waals surface area contributed by atoms with Crippen LogP contribution in [0.25, 0.3) is 0 Å². The number of carbonyl (C=O) groups excluding carboxylic acids is 2. The van der Waals surface area contributed by atoms with Gasteiger partial charge in [0.15, 0.2) is 0 Å². The minimum Gasteiger partial charge on any atom is -0.340 e. The molecule has 1 unspecified atom stereocenters. The highest BCUT2D eigenvalue weighted by Crippen LogP contribution is 2.31. The van der Waals surface area contributed by atoms with Crippen molar-refractivity contribution in [2.75, 3.05) is 4.90 Å². The SMILES string of the molecule is CC(C)C1C(=O)NC(C)(C)C(=O)N1c1ccc(Br)cc1F. The Labute approximate surface area is 131 Å². The highest BCUT2D eigenvalue weighted by Gasteiger charge is 2.47. The number of nitrogens with one attached hydrogen (secondary N) is 1. The quantitative estimate of drug-likeness (QED) is 0.885. The fourth-order valence-electron chi connectivity index (χ4n) is 2.52. The topological polar surface area (TPSA) is 49.4 Å². The van der Waals surface area contributed by atoms with Crippen molar-refractivity contribution in [3.8, 4) is 0 Å². The molecule has 2 amide bonds. The maximum Gasteiger partial charge on any atom is 0.253 e. The highest BCUT2D eigenvalue weighted by molar-refractivity contribution is 9.10. The van der Waals surface area contributed by atoms with Gasteiger partial charge in [-0.2, -0.15) is 0 Å². The summed E-state index contributed by atoms with van der Waals surface area (Å²) in [6.45, 7) is 6.90. The molecule has 0 bridgehead atoms. The van der Waals surface area contributed by atoms with Crippen LogP contribution >= 0.6 is 15.9 Å². The van der Waals surface area contributed by atoms with Gasteiger partial charge in [-0.1, -0.05) is 29.8 Å². The molecule has 0 aromatic heterocycles. The van der Waals surface area contributed by atoms with Gasteiger partial charge < -0.3 is 5.32 Å². The Kier molecular flexibility index (Phi) is 4.10. The number of amides is 2. The first-order valence-corrected chi connectivity index (χ1v) is 7.55. The lowest BCUT2D eigenvalue weighted by Crippen LogP contribution is -2.69. The number of piperazine rings is 1. The summed E-state index contributed by atoms with van der Waals surface area (Å²) in [7, 11) is 0. The summed E-state index contributed by atoms with van der Waals surface area (Å²) >= 11 is 3.19. The van der Waals surface area contributed by atoms with Crippen molar-refractivity contribution in [2.24, 2.45) is 5.92 Å². The molecule has 1 fully saturated rings. The van der Waals surface area contributed by atoms with E-state index in [2.05, 4.69) is 21.2 Å². The van der Waals surface area contributed by atoms with E-state index in [4.69, 9.17) is 0 Å². The van der Waals surface area contributed by atoms with Crippen LogP contribution < -0.4 is 10.2 Å². The summed E-state index contributed by atoms with van der Waals surface area (Å²) in [5, 5.41) is 2.71. The first-order chi connectivity index (χ1) is 9.65. The molecule has 114 valence electrons. The molecule has 1 aromatic rings. The van der Waals surface area contributed by atoms with Gasteiger partial charge in [0.05, 0.1) is 5.69 Å². The zero-order valence-electron chi connectivity index (χ0n) is 12.4. The molecular formula is C15H18BrFN2O2. The number of rotatable bonds is 2. The summed E-state index contributed by atoms with van der Waals surface area (Å²) in [6, 6.07) is 3.74. The minimum atomic E-state index is -1.05. The average molecular weight is 357 g/mol. The summed E-state index contributed by atoms with van der Waals surface area (Å²) in [6.07, 6.45) is 0. The fourth-order valence-corrected chi connectivity index (χ4v) is 2.85. The van der Waals surface area contributed by atoms with Crippen molar-refractivity contribution >= 4 is 33.4 Å². The number of nitrogens with zero attached hydrogens (tertiary/aromatic N) is 1. The van der Waals surface area contributed by atoms with E-state index >= 15 is 0 Å². The summed E-state index contributed by atoms with van der Waals surface area (Å²) in [5.41, 5.74) is -0.924. The molecule has 1 N–H and O–H groups in total. The Morgan fingerprint density at radius 1 is 1.33 bits per heavy atom. The van der Waals surface area contributed by atoms with Crippen LogP contribution in [0.5, 0.6) is 0 Å². The van der Waals surface area contributed by atoms with Crippen molar-refractivity contribution in [1.29, 1.82) is 0 Å². The zero-order valence-corrected chi connectivity index (χ0v) is 14.0. The first kappa shape index (κ1) is 15.9. The van der Waals surface area contributed by atoms with Gasteiger partial charge in [-0.3, -0.25) is 14.5 Å². The van der Waals surface area contributed by atoms with Gasteiger partial charge in [-0.15, -0.1) is 0 Å². The predicted octanol–water partition coefficient (Wildman–Crippen LogP) is 2.85. The third kappa shape index (κ3) is 2.81. The zero-order chi connectivity index (χ0) is 15.9. The van der Waals surface area contributed by atoms with E-state index in [1.54, 1.807) is 19.9 Å². The van der Waals surface area contributed by atoms with Gasteiger partial charge in [-0.25, -0.2) is 4.39 Å². The Morgan fingerprint density at radius 2 is 1.95 bits per heavy atom. The van der Waals surface area contributed by atoms with E-state index in [1.165, 1.54) is 17.0 Å². The molecule has 21 heavy (non-hydrogen) atoms. The monoisotopic (exact) mass is 356 g/mol. The molecule has 0 aliphatic carbocycles. The van der Waals surface area contributed by atoms with Crippen molar-refractivity contribution in [3.05, 3.63) is 28.5 Å². The van der Waals surface area contributed by atoms with E-state index in [-0.39, 0.29) is 23.4 Å². The smallest absolute Gasteiger partial charge is 0.253 e. The number of hydrogen-bond acceptors (Lipinski definition) is 2. The lowest BCUT2D eigenvalue weighted by molar-refractivity contribution is -0.138. The van der Waals surface area contributed by atoms with Crippen LogP contribution in [0.1, 0.15) is 27.7 Å². The summed E-state index contributed by atoms with van der Waals surface area (Å²) < 4.78 is 14.8. The van der Waals surface area contributed by atoms with E-state index in [9.17, 15) is 14.0 Å². The van der Waals surface area contributed by atoms with Gasteiger partial charge in [-0.05, 0) is 38.0 Å². The molecule has 1 saturated heterocycles. The second kappa shape index (κ2) is 5.40. The second-order valence-electron chi connectivity index (χ2n) is 6.07. The molecule has 4 nitrogen and oxygen atoms in total. The summed E-state index contributed by atoms with van der Waals surface area (Å²) in [5.74, 6) is -1.25. The van der Waals surface area contributed by atoms with E-state index in [0.29, 0.717) is 4.47 Å². The fraction of sp³-hybridized carbons (Fsp3) is 0.467. The molecule has 2 rings (SSSR count). The Balaban J connectivity index is 2.58. The van der Waals surface area contributed by atoms with Crippen LogP contribution in [0.15, 0.2) is 22.7 Å². The van der Waals surface area contributed by atoms with Gasteiger partial charge >= 0.3 is 0 Å². The van der Waals surface area contributed by atoms with Crippen LogP contribution in [0.4, 0.5) is 10.1 Å². The van der Waals surface area contributed by atoms with Crippen molar-refractivity contribution in [1.82, 2.24) is 5.32 Å². The van der Waals surface area contributed by atoms with Crippen LogP contribution in [0.3, 0.4) is 0 Å². The molecule has 1 aromatic carbocycles. The Hall–Kier alpha value is -1.43. The molecule has 0 saturated carbocycles. The molecule has 1 heterocycles. The highest BCUT2D eigenvalue weighted by atomic mass is 79.9. The number of halogens is 2. The Morgan fingerprint density at radius 3 is 2.48 bits per heavy atom. The molecule has 1 atom stereocenters.